The molecule has 4 nitrogen and oxygen atoms in total. The van der Waals surface area contributed by atoms with Gasteiger partial charge in [0.05, 0.1) is 18.4 Å². The van der Waals surface area contributed by atoms with Crippen molar-refractivity contribution in [1.29, 1.82) is 0 Å². The summed E-state index contributed by atoms with van der Waals surface area (Å²) >= 11 is 0. The molecule has 0 atom stereocenters. The molecular formula is C8H11N3O. The van der Waals surface area contributed by atoms with E-state index in [0.717, 1.165) is 5.69 Å². The van der Waals surface area contributed by atoms with Crippen molar-refractivity contribution in [2.45, 2.75) is 0 Å². The lowest BCUT2D eigenvalue weighted by Gasteiger charge is -2.02. The van der Waals surface area contributed by atoms with E-state index in [0.29, 0.717) is 6.54 Å². The van der Waals surface area contributed by atoms with Crippen molar-refractivity contribution in [3.8, 4) is 0 Å². The van der Waals surface area contributed by atoms with Crippen LogP contribution in [0.15, 0.2) is 24.5 Å². The third kappa shape index (κ3) is 2.67. The van der Waals surface area contributed by atoms with Gasteiger partial charge in [-0.3, -0.25) is 9.78 Å². The molecule has 0 spiro atoms. The van der Waals surface area contributed by atoms with Gasteiger partial charge in [-0.05, 0) is 19.2 Å². The first kappa shape index (κ1) is 8.67. The summed E-state index contributed by atoms with van der Waals surface area (Å²) in [6.45, 7) is 0.314. The molecule has 0 aliphatic carbocycles. The highest BCUT2D eigenvalue weighted by Crippen LogP contribution is 2.01. The number of pyridine rings is 1. The van der Waals surface area contributed by atoms with Crippen molar-refractivity contribution in [3.05, 3.63) is 24.5 Å². The lowest BCUT2D eigenvalue weighted by Crippen LogP contribution is -2.25. The molecule has 1 amide bonds. The largest absolute Gasteiger partial charge is 0.324 e. The Labute approximate surface area is 71.0 Å². The number of carbonyl (C=O) groups excluding carboxylic acids is 1. The first-order valence-electron chi connectivity index (χ1n) is 3.67. The second kappa shape index (κ2) is 4.46. The van der Waals surface area contributed by atoms with Gasteiger partial charge in [-0.25, -0.2) is 0 Å². The quantitative estimate of drug-likeness (QED) is 0.674. The Balaban J connectivity index is 2.47. The van der Waals surface area contributed by atoms with E-state index in [-0.39, 0.29) is 5.91 Å². The third-order valence-electron chi connectivity index (χ3n) is 1.28. The number of nitrogens with zero attached hydrogens (tertiary/aromatic N) is 1. The van der Waals surface area contributed by atoms with Crippen LogP contribution in [-0.4, -0.2) is 24.5 Å². The molecular weight excluding hydrogens is 154 g/mol. The Morgan fingerprint density at radius 2 is 2.50 bits per heavy atom. The van der Waals surface area contributed by atoms with Crippen molar-refractivity contribution in [1.82, 2.24) is 10.3 Å². The fourth-order valence-corrected chi connectivity index (χ4v) is 0.802. The molecule has 0 unspecified atom stereocenters. The summed E-state index contributed by atoms with van der Waals surface area (Å²) in [6, 6.07) is 3.57. The van der Waals surface area contributed by atoms with E-state index in [1.54, 1.807) is 31.6 Å². The molecule has 1 aromatic rings. The van der Waals surface area contributed by atoms with Crippen LogP contribution in [0, 0.1) is 0 Å². The minimum absolute atomic E-state index is 0.0644. The van der Waals surface area contributed by atoms with Crippen LogP contribution in [0.1, 0.15) is 0 Å². The van der Waals surface area contributed by atoms with E-state index < -0.39 is 0 Å². The Bertz CT molecular complexity index is 248. The predicted molar refractivity (Wildman–Crippen MR) is 46.8 cm³/mol. The molecule has 64 valence electrons. The number of rotatable bonds is 3. The standard InChI is InChI=1S/C8H11N3O/c1-9-6-8(12)11-7-3-2-4-10-5-7/h2-5,9H,6H2,1H3,(H,11,12). The van der Waals surface area contributed by atoms with Crippen LogP contribution < -0.4 is 10.6 Å². The average molecular weight is 165 g/mol. The molecule has 4 heteroatoms. The smallest absolute Gasteiger partial charge is 0.238 e. The molecule has 0 saturated carbocycles. The number of anilines is 1. The van der Waals surface area contributed by atoms with E-state index in [4.69, 9.17) is 0 Å². The zero-order chi connectivity index (χ0) is 8.81. The topological polar surface area (TPSA) is 54.0 Å². The van der Waals surface area contributed by atoms with Gasteiger partial charge in [0, 0.05) is 6.20 Å². The van der Waals surface area contributed by atoms with E-state index >= 15 is 0 Å². The van der Waals surface area contributed by atoms with Gasteiger partial charge in [-0.15, -0.1) is 0 Å². The van der Waals surface area contributed by atoms with E-state index in [1.165, 1.54) is 0 Å². The molecule has 0 aliphatic rings. The fraction of sp³-hybridized carbons (Fsp3) is 0.250. The number of amides is 1. The Morgan fingerprint density at radius 3 is 3.08 bits per heavy atom. The van der Waals surface area contributed by atoms with Crippen molar-refractivity contribution >= 4 is 11.6 Å². The van der Waals surface area contributed by atoms with E-state index in [1.807, 2.05) is 0 Å². The zero-order valence-electron chi connectivity index (χ0n) is 6.87. The van der Waals surface area contributed by atoms with Gasteiger partial charge in [0.25, 0.3) is 0 Å². The Kier molecular flexibility index (Phi) is 3.22. The van der Waals surface area contributed by atoms with E-state index in [2.05, 4.69) is 15.6 Å². The summed E-state index contributed by atoms with van der Waals surface area (Å²) in [5.41, 5.74) is 0.720. The van der Waals surface area contributed by atoms with E-state index in [9.17, 15) is 4.79 Å². The molecule has 0 radical (unpaired) electrons. The number of hydrogen-bond donors (Lipinski definition) is 2. The second-order valence-corrected chi connectivity index (χ2v) is 2.32. The molecule has 0 fully saturated rings. The minimum atomic E-state index is -0.0644. The summed E-state index contributed by atoms with van der Waals surface area (Å²) in [7, 11) is 1.73. The SMILES string of the molecule is CNCC(=O)Nc1cccnc1. The maximum Gasteiger partial charge on any atom is 0.238 e. The van der Waals surface area contributed by atoms with Crippen LogP contribution in [-0.2, 0) is 4.79 Å². The normalized spacial score (nSPS) is 9.42. The van der Waals surface area contributed by atoms with Crippen LogP contribution in [0.25, 0.3) is 0 Å². The maximum absolute atomic E-state index is 11.0. The lowest BCUT2D eigenvalue weighted by molar-refractivity contribution is -0.115. The predicted octanol–water partition coefficient (Wildman–Crippen LogP) is 0.239. The summed E-state index contributed by atoms with van der Waals surface area (Å²) in [6.07, 6.45) is 3.27. The molecule has 1 heterocycles. The number of aromatic nitrogens is 1. The van der Waals surface area contributed by atoms with Gasteiger partial charge in [-0.2, -0.15) is 0 Å². The van der Waals surface area contributed by atoms with Crippen LogP contribution >= 0.6 is 0 Å². The first-order valence-corrected chi connectivity index (χ1v) is 3.67. The zero-order valence-corrected chi connectivity index (χ0v) is 6.87. The molecule has 2 N–H and O–H groups in total. The van der Waals surface area contributed by atoms with Crippen LogP contribution in [0.2, 0.25) is 0 Å². The van der Waals surface area contributed by atoms with Gasteiger partial charge >= 0.3 is 0 Å². The van der Waals surface area contributed by atoms with Gasteiger partial charge in [0.2, 0.25) is 5.91 Å². The number of nitrogens with one attached hydrogen (secondary N) is 2. The third-order valence-corrected chi connectivity index (χ3v) is 1.28. The highest BCUT2D eigenvalue weighted by Gasteiger charge is 1.98. The van der Waals surface area contributed by atoms with Crippen LogP contribution in [0.5, 0.6) is 0 Å². The number of likely N-dealkylation sites (N-methyl/N-ethyl adjacent to an activating group) is 1. The van der Waals surface area contributed by atoms with Crippen molar-refractivity contribution < 1.29 is 4.79 Å². The Morgan fingerprint density at radius 1 is 1.67 bits per heavy atom. The van der Waals surface area contributed by atoms with Crippen LogP contribution in [0.4, 0.5) is 5.69 Å². The molecule has 0 aliphatic heterocycles. The average Bonchev–Trinajstić information content (AvgIpc) is 2.06. The van der Waals surface area contributed by atoms with Gasteiger partial charge in [0.1, 0.15) is 0 Å². The highest BCUT2D eigenvalue weighted by atomic mass is 16.1. The van der Waals surface area contributed by atoms with Crippen molar-refractivity contribution in [2.24, 2.45) is 0 Å². The highest BCUT2D eigenvalue weighted by molar-refractivity contribution is 5.91. The lowest BCUT2D eigenvalue weighted by atomic mass is 10.4. The number of carbonyl (C=O) groups is 1. The molecule has 0 aromatic carbocycles. The molecule has 0 bridgehead atoms. The molecule has 12 heavy (non-hydrogen) atoms. The van der Waals surface area contributed by atoms with Crippen LogP contribution in [0.3, 0.4) is 0 Å². The van der Waals surface area contributed by atoms with Crippen molar-refractivity contribution in [2.75, 3.05) is 18.9 Å². The maximum atomic E-state index is 11.0. The van der Waals surface area contributed by atoms with Gasteiger partial charge in [-0.1, -0.05) is 0 Å². The molecule has 1 aromatic heterocycles. The summed E-state index contributed by atoms with van der Waals surface area (Å²) in [4.78, 5) is 14.9. The number of hydrogen-bond acceptors (Lipinski definition) is 3. The minimum Gasteiger partial charge on any atom is -0.324 e. The summed E-state index contributed by atoms with van der Waals surface area (Å²) in [5.74, 6) is -0.0644. The molecule has 0 saturated heterocycles. The molecule has 1 rings (SSSR count). The Hall–Kier alpha value is -1.42. The summed E-state index contributed by atoms with van der Waals surface area (Å²) in [5, 5.41) is 5.43. The summed E-state index contributed by atoms with van der Waals surface area (Å²) < 4.78 is 0. The fourth-order valence-electron chi connectivity index (χ4n) is 0.802. The van der Waals surface area contributed by atoms with Crippen molar-refractivity contribution in [3.63, 3.8) is 0 Å². The van der Waals surface area contributed by atoms with Gasteiger partial charge in [0.15, 0.2) is 0 Å². The second-order valence-electron chi connectivity index (χ2n) is 2.32. The van der Waals surface area contributed by atoms with Gasteiger partial charge < -0.3 is 10.6 Å². The monoisotopic (exact) mass is 165 g/mol. The first-order chi connectivity index (χ1) is 5.83.